The number of pyridine rings is 1. The van der Waals surface area contributed by atoms with Crippen molar-refractivity contribution in [1.82, 2.24) is 15.2 Å². The molecule has 0 saturated carbocycles. The van der Waals surface area contributed by atoms with Gasteiger partial charge >= 0.3 is 12.2 Å². The molecule has 1 aromatic heterocycles. The molecule has 0 radical (unpaired) electrons. The SMILES string of the molecule is CNc1cc(C(COC)N2CC(C(F)(F)F)NC2=O)ccn1. The predicted octanol–water partition coefficient (Wildman–Crippen LogP) is 1.77. The molecule has 2 rings (SSSR count). The molecule has 6 nitrogen and oxygen atoms in total. The summed E-state index contributed by atoms with van der Waals surface area (Å²) in [5, 5.41) is 4.80. The normalized spacial score (nSPS) is 20.0. The van der Waals surface area contributed by atoms with Crippen LogP contribution < -0.4 is 10.6 Å². The van der Waals surface area contributed by atoms with Gasteiger partial charge < -0.3 is 20.3 Å². The minimum absolute atomic E-state index is 0.0885. The number of hydrogen-bond donors (Lipinski definition) is 2. The number of hydrogen-bond acceptors (Lipinski definition) is 4. The van der Waals surface area contributed by atoms with E-state index in [9.17, 15) is 18.0 Å². The van der Waals surface area contributed by atoms with Gasteiger partial charge in [-0.05, 0) is 17.7 Å². The number of alkyl halides is 3. The van der Waals surface area contributed by atoms with E-state index in [1.165, 1.54) is 13.3 Å². The Bertz CT molecular complexity index is 538. The van der Waals surface area contributed by atoms with Crippen LogP contribution in [0.25, 0.3) is 0 Å². The van der Waals surface area contributed by atoms with Crippen molar-refractivity contribution in [2.75, 3.05) is 32.6 Å². The first-order valence-electron chi connectivity index (χ1n) is 6.63. The second-order valence-corrected chi connectivity index (χ2v) is 4.89. The summed E-state index contributed by atoms with van der Waals surface area (Å²) in [4.78, 5) is 17.1. The summed E-state index contributed by atoms with van der Waals surface area (Å²) < 4.78 is 43.4. The van der Waals surface area contributed by atoms with Gasteiger partial charge in [0, 0.05) is 20.4 Å². The second-order valence-electron chi connectivity index (χ2n) is 4.89. The third-order valence-electron chi connectivity index (χ3n) is 3.46. The Morgan fingerprint density at radius 1 is 1.59 bits per heavy atom. The van der Waals surface area contributed by atoms with E-state index in [4.69, 9.17) is 4.74 Å². The molecule has 0 bridgehead atoms. The van der Waals surface area contributed by atoms with Crippen LogP contribution in [0.3, 0.4) is 0 Å². The van der Waals surface area contributed by atoms with E-state index in [1.807, 2.05) is 5.32 Å². The summed E-state index contributed by atoms with van der Waals surface area (Å²) in [5.41, 5.74) is 0.652. The minimum Gasteiger partial charge on any atom is -0.382 e. The lowest BCUT2D eigenvalue weighted by Crippen LogP contribution is -2.40. The zero-order chi connectivity index (χ0) is 16.3. The molecular formula is C13H17F3N4O2. The number of carbonyl (C=O) groups excluding carboxylic acids is 1. The van der Waals surface area contributed by atoms with Crippen LogP contribution in [0, 0.1) is 0 Å². The van der Waals surface area contributed by atoms with Crippen molar-refractivity contribution in [1.29, 1.82) is 0 Å². The number of anilines is 1. The molecule has 2 N–H and O–H groups in total. The number of urea groups is 1. The molecule has 9 heteroatoms. The summed E-state index contributed by atoms with van der Waals surface area (Å²) in [5.74, 6) is 0.561. The van der Waals surface area contributed by atoms with Gasteiger partial charge in [-0.1, -0.05) is 0 Å². The molecule has 0 spiro atoms. The molecule has 2 unspecified atom stereocenters. The third kappa shape index (κ3) is 3.41. The maximum Gasteiger partial charge on any atom is 0.410 e. The van der Waals surface area contributed by atoms with E-state index in [0.29, 0.717) is 11.4 Å². The largest absolute Gasteiger partial charge is 0.410 e. The molecule has 1 aliphatic rings. The number of halogens is 3. The highest BCUT2D eigenvalue weighted by Crippen LogP contribution is 2.30. The van der Waals surface area contributed by atoms with E-state index < -0.39 is 30.8 Å². The van der Waals surface area contributed by atoms with Crippen molar-refractivity contribution in [3.05, 3.63) is 23.9 Å². The van der Waals surface area contributed by atoms with Crippen molar-refractivity contribution in [2.45, 2.75) is 18.3 Å². The summed E-state index contributed by atoms with van der Waals surface area (Å²) in [6.45, 7) is -0.362. The molecule has 0 aliphatic carbocycles. The summed E-state index contributed by atoms with van der Waals surface area (Å²) in [7, 11) is 3.11. The van der Waals surface area contributed by atoms with Crippen LogP contribution in [0.15, 0.2) is 18.3 Å². The third-order valence-corrected chi connectivity index (χ3v) is 3.46. The fourth-order valence-electron chi connectivity index (χ4n) is 2.33. The van der Waals surface area contributed by atoms with Gasteiger partial charge in [-0.3, -0.25) is 0 Å². The van der Waals surface area contributed by atoms with Crippen LogP contribution in [-0.2, 0) is 4.74 Å². The summed E-state index contributed by atoms with van der Waals surface area (Å²) >= 11 is 0. The monoisotopic (exact) mass is 318 g/mol. The van der Waals surface area contributed by atoms with Crippen molar-refractivity contribution in [3.63, 3.8) is 0 Å². The summed E-state index contributed by atoms with van der Waals surface area (Å²) in [6.07, 6.45) is -2.95. The van der Waals surface area contributed by atoms with Gasteiger partial charge in [0.2, 0.25) is 0 Å². The molecule has 22 heavy (non-hydrogen) atoms. The van der Waals surface area contributed by atoms with Crippen molar-refractivity contribution < 1.29 is 22.7 Å². The first-order valence-corrected chi connectivity index (χ1v) is 6.63. The van der Waals surface area contributed by atoms with Crippen molar-refractivity contribution >= 4 is 11.8 Å². The Morgan fingerprint density at radius 2 is 2.32 bits per heavy atom. The van der Waals surface area contributed by atoms with Crippen LogP contribution in [0.2, 0.25) is 0 Å². The molecule has 1 aliphatic heterocycles. The van der Waals surface area contributed by atoms with E-state index in [1.54, 1.807) is 19.2 Å². The quantitative estimate of drug-likeness (QED) is 0.868. The lowest BCUT2D eigenvalue weighted by Gasteiger charge is -2.27. The summed E-state index contributed by atoms with van der Waals surface area (Å²) in [6, 6.07) is 0.0842. The fourth-order valence-corrected chi connectivity index (χ4v) is 2.33. The maximum atomic E-state index is 12.8. The Morgan fingerprint density at radius 3 is 2.86 bits per heavy atom. The highest BCUT2D eigenvalue weighted by atomic mass is 19.4. The van der Waals surface area contributed by atoms with Crippen LogP contribution in [0.1, 0.15) is 11.6 Å². The molecule has 2 atom stereocenters. The molecule has 1 saturated heterocycles. The van der Waals surface area contributed by atoms with E-state index in [-0.39, 0.29) is 6.61 Å². The van der Waals surface area contributed by atoms with Crippen molar-refractivity contribution in [2.24, 2.45) is 0 Å². The minimum atomic E-state index is -4.48. The average molecular weight is 318 g/mol. The zero-order valence-corrected chi connectivity index (χ0v) is 12.1. The first kappa shape index (κ1) is 16.3. The number of methoxy groups -OCH3 is 1. The fraction of sp³-hybridized carbons (Fsp3) is 0.538. The van der Waals surface area contributed by atoms with E-state index in [2.05, 4.69) is 10.3 Å². The standard InChI is InChI=1S/C13H17F3N4O2/c1-17-11-5-8(3-4-18-11)9(7-22-2)20-6-10(13(14,15)16)19-12(20)21/h3-5,9-10H,6-7H2,1-2H3,(H,17,18)(H,19,21). The van der Waals surface area contributed by atoms with Gasteiger partial charge in [-0.15, -0.1) is 0 Å². The Balaban J connectivity index is 2.26. The number of amides is 2. The lowest BCUT2D eigenvalue weighted by molar-refractivity contribution is -0.150. The van der Waals surface area contributed by atoms with Crippen LogP contribution in [0.4, 0.5) is 23.8 Å². The molecule has 1 aromatic rings. The number of nitrogens with zero attached hydrogens (tertiary/aromatic N) is 2. The smallest absolute Gasteiger partial charge is 0.382 e. The van der Waals surface area contributed by atoms with Gasteiger partial charge in [-0.25, -0.2) is 9.78 Å². The van der Waals surface area contributed by atoms with Crippen LogP contribution in [0.5, 0.6) is 0 Å². The van der Waals surface area contributed by atoms with Gasteiger partial charge in [-0.2, -0.15) is 13.2 Å². The molecule has 1 fully saturated rings. The Hall–Kier alpha value is -2.03. The predicted molar refractivity (Wildman–Crippen MR) is 73.5 cm³/mol. The average Bonchev–Trinajstić information content (AvgIpc) is 2.87. The van der Waals surface area contributed by atoms with E-state index in [0.717, 1.165) is 4.90 Å². The maximum absolute atomic E-state index is 12.8. The number of carbonyl (C=O) groups is 1. The van der Waals surface area contributed by atoms with Gasteiger partial charge in [0.25, 0.3) is 0 Å². The number of aromatic nitrogens is 1. The molecule has 2 heterocycles. The van der Waals surface area contributed by atoms with Gasteiger partial charge in [0.05, 0.1) is 19.2 Å². The molecule has 0 aromatic carbocycles. The van der Waals surface area contributed by atoms with Crippen LogP contribution in [-0.4, -0.2) is 55.4 Å². The van der Waals surface area contributed by atoms with Gasteiger partial charge in [0.1, 0.15) is 11.9 Å². The zero-order valence-electron chi connectivity index (χ0n) is 12.1. The van der Waals surface area contributed by atoms with Gasteiger partial charge in [0.15, 0.2) is 0 Å². The Labute approximate surface area is 125 Å². The van der Waals surface area contributed by atoms with Crippen LogP contribution >= 0.6 is 0 Å². The topological polar surface area (TPSA) is 66.5 Å². The second kappa shape index (κ2) is 6.39. The number of nitrogens with one attached hydrogen (secondary N) is 2. The highest BCUT2D eigenvalue weighted by Gasteiger charge is 2.48. The molecule has 122 valence electrons. The number of rotatable bonds is 5. The lowest BCUT2D eigenvalue weighted by atomic mass is 10.1. The highest BCUT2D eigenvalue weighted by molar-refractivity contribution is 5.77. The molecule has 2 amide bonds. The van der Waals surface area contributed by atoms with E-state index >= 15 is 0 Å². The van der Waals surface area contributed by atoms with Crippen molar-refractivity contribution in [3.8, 4) is 0 Å². The molecular weight excluding hydrogens is 301 g/mol. The first-order chi connectivity index (χ1) is 10.4. The number of ether oxygens (including phenoxy) is 1. The Kier molecular flexibility index (Phi) is 4.74.